The predicted octanol–water partition coefficient (Wildman–Crippen LogP) is 3.39. The zero-order valence-corrected chi connectivity index (χ0v) is 12.2. The third-order valence-corrected chi connectivity index (χ3v) is 4.18. The van der Waals surface area contributed by atoms with E-state index in [2.05, 4.69) is 0 Å². The topological polar surface area (TPSA) is 46.6 Å². The maximum Gasteiger partial charge on any atom is 0.417 e. The fourth-order valence-corrected chi connectivity index (χ4v) is 2.40. The van der Waals surface area contributed by atoms with Crippen LogP contribution in [0.5, 0.6) is 0 Å². The average Bonchev–Trinajstić information content (AvgIpc) is 2.87. The van der Waals surface area contributed by atoms with E-state index in [1.54, 1.807) is 0 Å². The number of hydrogen-bond donors (Lipinski definition) is 0. The summed E-state index contributed by atoms with van der Waals surface area (Å²) in [6.45, 7) is 6.19. The third-order valence-electron chi connectivity index (χ3n) is 4.18. The Balaban J connectivity index is 2.23. The Morgan fingerprint density at radius 1 is 1.35 bits per heavy atom. The summed E-state index contributed by atoms with van der Waals surface area (Å²) in [6, 6.07) is 9.25. The van der Waals surface area contributed by atoms with Gasteiger partial charge in [-0.15, -0.1) is 0 Å². The molecule has 4 nitrogen and oxygen atoms in total. The number of benzene rings is 1. The van der Waals surface area contributed by atoms with Gasteiger partial charge < -0.3 is 4.74 Å². The molecule has 1 aliphatic rings. The van der Waals surface area contributed by atoms with Crippen molar-refractivity contribution in [3.63, 3.8) is 0 Å². The van der Waals surface area contributed by atoms with E-state index in [4.69, 9.17) is 4.74 Å². The maximum absolute atomic E-state index is 12.6. The summed E-state index contributed by atoms with van der Waals surface area (Å²) < 4.78 is 5.08. The summed E-state index contributed by atoms with van der Waals surface area (Å²) >= 11 is 0. The van der Waals surface area contributed by atoms with Crippen LogP contribution in [0.1, 0.15) is 38.8 Å². The van der Waals surface area contributed by atoms with Crippen molar-refractivity contribution in [1.82, 2.24) is 4.90 Å². The molecule has 0 aromatic heterocycles. The lowest BCUT2D eigenvalue weighted by molar-refractivity contribution is -0.134. The molecule has 1 saturated heterocycles. The lowest BCUT2D eigenvalue weighted by Crippen LogP contribution is -2.39. The van der Waals surface area contributed by atoms with Crippen molar-refractivity contribution < 1.29 is 14.3 Å². The molecule has 3 atom stereocenters. The molecule has 4 heteroatoms. The van der Waals surface area contributed by atoms with Crippen molar-refractivity contribution in [1.29, 1.82) is 0 Å². The quantitative estimate of drug-likeness (QED) is 0.846. The zero-order valence-electron chi connectivity index (χ0n) is 12.2. The minimum atomic E-state index is -0.529. The van der Waals surface area contributed by atoms with E-state index in [9.17, 15) is 9.59 Å². The molecule has 0 saturated carbocycles. The van der Waals surface area contributed by atoms with Crippen molar-refractivity contribution in [2.75, 3.05) is 6.61 Å². The molecule has 2 rings (SSSR count). The number of cyclic esters (lactones) is 1. The van der Waals surface area contributed by atoms with Crippen LogP contribution < -0.4 is 0 Å². The fraction of sp³-hybridized carbons (Fsp3) is 0.500. The van der Waals surface area contributed by atoms with E-state index in [1.165, 1.54) is 4.90 Å². The lowest BCUT2D eigenvalue weighted by atomic mass is 9.91. The smallest absolute Gasteiger partial charge is 0.417 e. The van der Waals surface area contributed by atoms with Gasteiger partial charge in [0.1, 0.15) is 12.6 Å². The Bertz CT molecular complexity index is 486. The molecular formula is C16H21NO3. The van der Waals surface area contributed by atoms with Crippen molar-refractivity contribution in [2.45, 2.75) is 33.2 Å². The first-order valence-electron chi connectivity index (χ1n) is 7.11. The lowest BCUT2D eigenvalue weighted by Gasteiger charge is -2.25. The Labute approximate surface area is 119 Å². The highest BCUT2D eigenvalue weighted by Gasteiger charge is 2.41. The Morgan fingerprint density at radius 2 is 2.00 bits per heavy atom. The first-order chi connectivity index (χ1) is 9.56. The van der Waals surface area contributed by atoms with Crippen LogP contribution in [0.15, 0.2) is 30.3 Å². The van der Waals surface area contributed by atoms with Gasteiger partial charge >= 0.3 is 6.09 Å². The molecule has 108 valence electrons. The Kier molecular flexibility index (Phi) is 4.42. The van der Waals surface area contributed by atoms with Gasteiger partial charge in [0.25, 0.3) is 0 Å². The molecule has 20 heavy (non-hydrogen) atoms. The van der Waals surface area contributed by atoms with Crippen LogP contribution in [0.25, 0.3) is 0 Å². The second kappa shape index (κ2) is 6.07. The average molecular weight is 275 g/mol. The molecule has 1 aliphatic heterocycles. The van der Waals surface area contributed by atoms with Crippen molar-refractivity contribution in [3.05, 3.63) is 35.9 Å². The minimum Gasteiger partial charge on any atom is -0.446 e. The highest BCUT2D eigenvalue weighted by Crippen LogP contribution is 2.30. The number of amides is 2. The highest BCUT2D eigenvalue weighted by molar-refractivity contribution is 5.94. The maximum atomic E-state index is 12.6. The van der Waals surface area contributed by atoms with Gasteiger partial charge in [-0.3, -0.25) is 4.79 Å². The largest absolute Gasteiger partial charge is 0.446 e. The fourth-order valence-electron chi connectivity index (χ4n) is 2.40. The summed E-state index contributed by atoms with van der Waals surface area (Å²) in [5.41, 5.74) is 0.933. The van der Waals surface area contributed by atoms with Gasteiger partial charge in [0.05, 0.1) is 0 Å². The van der Waals surface area contributed by atoms with Gasteiger partial charge in [0.2, 0.25) is 5.91 Å². The number of rotatable bonds is 4. The monoisotopic (exact) mass is 275 g/mol. The van der Waals surface area contributed by atoms with Gasteiger partial charge in [-0.1, -0.05) is 57.5 Å². The van der Waals surface area contributed by atoms with Gasteiger partial charge in [0, 0.05) is 5.92 Å². The van der Waals surface area contributed by atoms with E-state index in [0.717, 1.165) is 12.0 Å². The van der Waals surface area contributed by atoms with E-state index in [-0.39, 0.29) is 30.4 Å². The standard InChI is InChI=1S/C16H21NO3/c1-4-11(2)12(3)15(18)17-14(10-20-16(17)19)13-8-6-5-7-9-13/h5-9,11-12,14H,4,10H2,1-3H3/t11-,12-,14-/m1/s1. The van der Waals surface area contributed by atoms with E-state index < -0.39 is 6.09 Å². The molecule has 0 spiro atoms. The first-order valence-corrected chi connectivity index (χ1v) is 7.11. The van der Waals surface area contributed by atoms with Crippen molar-refractivity contribution in [3.8, 4) is 0 Å². The first kappa shape index (κ1) is 14.6. The van der Waals surface area contributed by atoms with Crippen LogP contribution in [0, 0.1) is 11.8 Å². The molecular weight excluding hydrogens is 254 g/mol. The number of ether oxygens (including phenoxy) is 1. The van der Waals surface area contributed by atoms with Crippen LogP contribution in [0.2, 0.25) is 0 Å². The zero-order chi connectivity index (χ0) is 14.7. The number of imide groups is 1. The van der Waals surface area contributed by atoms with Gasteiger partial charge in [-0.2, -0.15) is 0 Å². The normalized spacial score (nSPS) is 21.4. The molecule has 1 fully saturated rings. The molecule has 1 heterocycles. The van der Waals surface area contributed by atoms with E-state index in [0.29, 0.717) is 0 Å². The number of hydrogen-bond acceptors (Lipinski definition) is 3. The van der Waals surface area contributed by atoms with Crippen LogP contribution in [-0.2, 0) is 9.53 Å². The summed E-state index contributed by atoms with van der Waals surface area (Å²) in [5.74, 6) is -0.0834. The number of nitrogens with zero attached hydrogens (tertiary/aromatic N) is 1. The Morgan fingerprint density at radius 3 is 2.60 bits per heavy atom. The second-order valence-corrected chi connectivity index (χ2v) is 5.39. The number of carbonyl (C=O) groups is 2. The highest BCUT2D eigenvalue weighted by atomic mass is 16.6. The molecule has 0 radical (unpaired) electrons. The van der Waals surface area contributed by atoms with Crippen LogP contribution >= 0.6 is 0 Å². The molecule has 2 amide bonds. The number of carbonyl (C=O) groups excluding carboxylic acids is 2. The summed E-state index contributed by atoms with van der Waals surface area (Å²) in [5, 5.41) is 0. The second-order valence-electron chi connectivity index (χ2n) is 5.39. The van der Waals surface area contributed by atoms with Crippen LogP contribution in [-0.4, -0.2) is 23.5 Å². The third kappa shape index (κ3) is 2.69. The van der Waals surface area contributed by atoms with Crippen LogP contribution in [0.4, 0.5) is 4.79 Å². The van der Waals surface area contributed by atoms with Gasteiger partial charge in [0.15, 0.2) is 0 Å². The van der Waals surface area contributed by atoms with E-state index in [1.807, 2.05) is 51.1 Å². The molecule has 1 aromatic carbocycles. The summed E-state index contributed by atoms with van der Waals surface area (Å²) in [4.78, 5) is 25.7. The predicted molar refractivity (Wildman–Crippen MR) is 76.0 cm³/mol. The molecule has 0 aliphatic carbocycles. The molecule has 0 N–H and O–H groups in total. The Hall–Kier alpha value is -1.84. The molecule has 0 bridgehead atoms. The molecule has 0 unspecified atom stereocenters. The molecule has 1 aromatic rings. The SMILES string of the molecule is CC[C@@H](C)[C@@H](C)C(=O)N1C(=O)OC[C@@H]1c1ccccc1. The van der Waals surface area contributed by atoms with Crippen molar-refractivity contribution >= 4 is 12.0 Å². The van der Waals surface area contributed by atoms with Crippen molar-refractivity contribution in [2.24, 2.45) is 11.8 Å². The van der Waals surface area contributed by atoms with Crippen LogP contribution in [0.3, 0.4) is 0 Å². The summed E-state index contributed by atoms with van der Waals surface area (Å²) in [6.07, 6.45) is 0.380. The minimum absolute atomic E-state index is 0.143. The van der Waals surface area contributed by atoms with Gasteiger partial charge in [-0.05, 0) is 11.5 Å². The summed E-state index contributed by atoms with van der Waals surface area (Å²) in [7, 11) is 0. The van der Waals surface area contributed by atoms with Gasteiger partial charge in [-0.25, -0.2) is 9.69 Å². The van der Waals surface area contributed by atoms with E-state index >= 15 is 0 Å².